The van der Waals surface area contributed by atoms with Crippen LogP contribution in [0.3, 0.4) is 0 Å². The number of carbonyl (C=O) groups excluding carboxylic acids is 1. The number of aliphatic hydroxyl groups excluding tert-OH is 1. The first kappa shape index (κ1) is 14.7. The lowest BCUT2D eigenvalue weighted by atomic mass is 10.0. The zero-order valence-electron chi connectivity index (χ0n) is 11.1. The standard InChI is InChI=1S/C15H23NO2/c1-13(15(18)16-11-6-12-17)7-5-10-14-8-3-2-4-9-14/h2-4,8-9,13,17H,5-7,10-12H2,1H3,(H,16,18). The number of nitrogens with one attached hydrogen (secondary N) is 1. The molecule has 0 aliphatic carbocycles. The molecule has 1 amide bonds. The molecule has 1 unspecified atom stereocenters. The molecule has 0 aromatic heterocycles. The van der Waals surface area contributed by atoms with Gasteiger partial charge in [0.25, 0.3) is 0 Å². The SMILES string of the molecule is CC(CCCc1ccccc1)C(=O)NCCCO. The van der Waals surface area contributed by atoms with E-state index in [1.807, 2.05) is 25.1 Å². The summed E-state index contributed by atoms with van der Waals surface area (Å²) in [5, 5.41) is 11.5. The fourth-order valence-corrected chi connectivity index (χ4v) is 1.85. The van der Waals surface area contributed by atoms with Crippen LogP contribution in [0.1, 0.15) is 31.7 Å². The van der Waals surface area contributed by atoms with Gasteiger partial charge in [-0.15, -0.1) is 0 Å². The summed E-state index contributed by atoms with van der Waals surface area (Å²) in [5.74, 6) is 0.143. The average molecular weight is 249 g/mol. The second-order valence-electron chi connectivity index (χ2n) is 4.65. The number of aliphatic hydroxyl groups is 1. The van der Waals surface area contributed by atoms with Crippen molar-refractivity contribution in [3.63, 3.8) is 0 Å². The van der Waals surface area contributed by atoms with E-state index in [2.05, 4.69) is 17.4 Å². The Morgan fingerprint density at radius 2 is 2.00 bits per heavy atom. The Morgan fingerprint density at radius 1 is 1.28 bits per heavy atom. The van der Waals surface area contributed by atoms with Gasteiger partial charge in [-0.2, -0.15) is 0 Å². The summed E-state index contributed by atoms with van der Waals surface area (Å²) in [7, 11) is 0. The monoisotopic (exact) mass is 249 g/mol. The van der Waals surface area contributed by atoms with Crippen LogP contribution in [0.2, 0.25) is 0 Å². The van der Waals surface area contributed by atoms with E-state index in [0.717, 1.165) is 19.3 Å². The van der Waals surface area contributed by atoms with Crippen LogP contribution in [-0.2, 0) is 11.2 Å². The molecule has 1 rings (SSSR count). The van der Waals surface area contributed by atoms with E-state index >= 15 is 0 Å². The topological polar surface area (TPSA) is 49.3 Å². The lowest BCUT2D eigenvalue weighted by molar-refractivity contribution is -0.124. The van der Waals surface area contributed by atoms with Crippen molar-refractivity contribution in [1.29, 1.82) is 0 Å². The van der Waals surface area contributed by atoms with E-state index in [9.17, 15) is 4.79 Å². The maximum Gasteiger partial charge on any atom is 0.222 e. The summed E-state index contributed by atoms with van der Waals surface area (Å²) in [6.07, 6.45) is 3.58. The molecule has 1 aromatic carbocycles. The van der Waals surface area contributed by atoms with E-state index < -0.39 is 0 Å². The van der Waals surface area contributed by atoms with Gasteiger partial charge in [-0.05, 0) is 31.2 Å². The molecule has 0 spiro atoms. The number of amides is 1. The number of benzene rings is 1. The quantitative estimate of drug-likeness (QED) is 0.694. The minimum atomic E-state index is 0.0485. The summed E-state index contributed by atoms with van der Waals surface area (Å²) >= 11 is 0. The number of hydrogen-bond donors (Lipinski definition) is 2. The van der Waals surface area contributed by atoms with E-state index in [4.69, 9.17) is 5.11 Å². The van der Waals surface area contributed by atoms with Crippen LogP contribution < -0.4 is 5.32 Å². The Hall–Kier alpha value is -1.35. The first-order valence-corrected chi connectivity index (χ1v) is 6.66. The molecule has 100 valence electrons. The third-order valence-corrected chi connectivity index (χ3v) is 3.03. The molecule has 3 nitrogen and oxygen atoms in total. The number of aryl methyl sites for hydroxylation is 1. The predicted molar refractivity (Wildman–Crippen MR) is 73.3 cm³/mol. The first-order valence-electron chi connectivity index (χ1n) is 6.66. The minimum Gasteiger partial charge on any atom is -0.396 e. The molecule has 0 saturated heterocycles. The molecule has 1 aromatic rings. The Balaban J connectivity index is 2.16. The first-order chi connectivity index (χ1) is 8.74. The second-order valence-corrected chi connectivity index (χ2v) is 4.65. The van der Waals surface area contributed by atoms with Gasteiger partial charge in [0, 0.05) is 19.1 Å². The minimum absolute atomic E-state index is 0.0485. The third-order valence-electron chi connectivity index (χ3n) is 3.03. The van der Waals surface area contributed by atoms with Gasteiger partial charge in [-0.25, -0.2) is 0 Å². The average Bonchev–Trinajstić information content (AvgIpc) is 2.40. The number of carbonyl (C=O) groups is 1. The molecule has 0 saturated carbocycles. The van der Waals surface area contributed by atoms with E-state index in [1.165, 1.54) is 5.56 Å². The predicted octanol–water partition coefficient (Wildman–Crippen LogP) is 2.14. The maximum atomic E-state index is 11.7. The molecule has 0 aliphatic heterocycles. The van der Waals surface area contributed by atoms with E-state index in [0.29, 0.717) is 13.0 Å². The summed E-state index contributed by atoms with van der Waals surface area (Å²) < 4.78 is 0. The third kappa shape index (κ3) is 5.82. The fourth-order valence-electron chi connectivity index (χ4n) is 1.85. The molecule has 2 N–H and O–H groups in total. The molecule has 0 radical (unpaired) electrons. The van der Waals surface area contributed by atoms with E-state index in [-0.39, 0.29) is 18.4 Å². The van der Waals surface area contributed by atoms with Gasteiger partial charge in [0.15, 0.2) is 0 Å². The molecule has 3 heteroatoms. The van der Waals surface area contributed by atoms with Crippen molar-refractivity contribution in [3.05, 3.63) is 35.9 Å². The zero-order valence-corrected chi connectivity index (χ0v) is 11.1. The maximum absolute atomic E-state index is 11.7. The van der Waals surface area contributed by atoms with Crippen molar-refractivity contribution < 1.29 is 9.90 Å². The molecule has 0 bridgehead atoms. The largest absolute Gasteiger partial charge is 0.396 e. The van der Waals surface area contributed by atoms with Crippen LogP contribution >= 0.6 is 0 Å². The summed E-state index contributed by atoms with van der Waals surface area (Å²) in [5.41, 5.74) is 1.32. The van der Waals surface area contributed by atoms with Crippen molar-refractivity contribution in [3.8, 4) is 0 Å². The highest BCUT2D eigenvalue weighted by Gasteiger charge is 2.11. The van der Waals surface area contributed by atoms with Crippen LogP contribution in [0.15, 0.2) is 30.3 Å². The van der Waals surface area contributed by atoms with Crippen molar-refractivity contribution >= 4 is 5.91 Å². The highest BCUT2D eigenvalue weighted by atomic mass is 16.3. The lowest BCUT2D eigenvalue weighted by Gasteiger charge is -2.11. The normalized spacial score (nSPS) is 12.1. The number of rotatable bonds is 8. The van der Waals surface area contributed by atoms with Crippen molar-refractivity contribution in [2.24, 2.45) is 5.92 Å². The highest BCUT2D eigenvalue weighted by molar-refractivity contribution is 5.78. The van der Waals surface area contributed by atoms with Crippen LogP contribution in [0, 0.1) is 5.92 Å². The summed E-state index contributed by atoms with van der Waals surface area (Å²) in [6.45, 7) is 2.65. The van der Waals surface area contributed by atoms with Gasteiger partial charge >= 0.3 is 0 Å². The van der Waals surface area contributed by atoms with Gasteiger partial charge < -0.3 is 10.4 Å². The van der Waals surface area contributed by atoms with Gasteiger partial charge in [0.05, 0.1) is 0 Å². The summed E-state index contributed by atoms with van der Waals surface area (Å²) in [6, 6.07) is 10.3. The second kappa shape index (κ2) is 8.70. The number of hydrogen-bond acceptors (Lipinski definition) is 2. The van der Waals surface area contributed by atoms with Gasteiger partial charge in [0.1, 0.15) is 0 Å². The lowest BCUT2D eigenvalue weighted by Crippen LogP contribution is -2.30. The molecule has 0 heterocycles. The molecule has 0 fully saturated rings. The van der Waals surface area contributed by atoms with Gasteiger partial charge in [-0.3, -0.25) is 4.79 Å². The molecular weight excluding hydrogens is 226 g/mol. The van der Waals surface area contributed by atoms with Crippen LogP contribution in [0.5, 0.6) is 0 Å². The van der Waals surface area contributed by atoms with Crippen molar-refractivity contribution in [1.82, 2.24) is 5.32 Å². The Labute approximate surface area is 109 Å². The van der Waals surface area contributed by atoms with Gasteiger partial charge in [-0.1, -0.05) is 37.3 Å². The highest BCUT2D eigenvalue weighted by Crippen LogP contribution is 2.10. The van der Waals surface area contributed by atoms with Crippen molar-refractivity contribution in [2.45, 2.75) is 32.6 Å². The Kier molecular flexibility index (Phi) is 7.11. The summed E-state index contributed by atoms with van der Waals surface area (Å²) in [4.78, 5) is 11.7. The van der Waals surface area contributed by atoms with Crippen LogP contribution in [0.25, 0.3) is 0 Å². The fraction of sp³-hybridized carbons (Fsp3) is 0.533. The van der Waals surface area contributed by atoms with Crippen LogP contribution in [0.4, 0.5) is 0 Å². The molecule has 0 aliphatic rings. The van der Waals surface area contributed by atoms with E-state index in [1.54, 1.807) is 0 Å². The molecule has 1 atom stereocenters. The Morgan fingerprint density at radius 3 is 2.67 bits per heavy atom. The molecular formula is C15H23NO2. The molecule has 18 heavy (non-hydrogen) atoms. The van der Waals surface area contributed by atoms with Gasteiger partial charge in [0.2, 0.25) is 5.91 Å². The van der Waals surface area contributed by atoms with Crippen molar-refractivity contribution in [2.75, 3.05) is 13.2 Å². The van der Waals surface area contributed by atoms with Crippen LogP contribution in [-0.4, -0.2) is 24.2 Å². The smallest absolute Gasteiger partial charge is 0.222 e. The Bertz CT molecular complexity index is 338. The zero-order chi connectivity index (χ0) is 13.2.